The zero-order chi connectivity index (χ0) is 23.8. The lowest BCUT2D eigenvalue weighted by Gasteiger charge is -2.14. The summed E-state index contributed by atoms with van der Waals surface area (Å²) in [4.78, 5) is 35.7. The minimum Gasteiger partial charge on any atom is -0.490 e. The van der Waals surface area contributed by atoms with E-state index in [0.29, 0.717) is 32.9 Å². The number of hydrazone groups is 1. The van der Waals surface area contributed by atoms with Crippen molar-refractivity contribution in [3.05, 3.63) is 50.0 Å². The molecule has 9 nitrogen and oxygen atoms in total. The molecule has 1 saturated carbocycles. The Morgan fingerprint density at radius 2 is 1.88 bits per heavy atom. The van der Waals surface area contributed by atoms with Gasteiger partial charge in [-0.2, -0.15) is 5.10 Å². The van der Waals surface area contributed by atoms with E-state index in [0.717, 1.165) is 17.3 Å². The number of rotatable bonds is 9. The summed E-state index contributed by atoms with van der Waals surface area (Å²) >= 11 is 5.42. The van der Waals surface area contributed by atoms with Crippen LogP contribution in [-0.2, 0) is 14.4 Å². The number of ether oxygens (including phenoxy) is 2. The summed E-state index contributed by atoms with van der Waals surface area (Å²) in [5.41, 5.74) is 3.49. The smallest absolute Gasteiger partial charge is 0.329 e. The van der Waals surface area contributed by atoms with Crippen molar-refractivity contribution in [3.63, 3.8) is 0 Å². The average molecular weight is 629 g/mol. The van der Waals surface area contributed by atoms with Crippen LogP contribution in [0.5, 0.6) is 11.5 Å². The second-order valence-electron chi connectivity index (χ2n) is 7.05. The van der Waals surface area contributed by atoms with Gasteiger partial charge in [-0.15, -0.1) is 0 Å². The summed E-state index contributed by atoms with van der Waals surface area (Å²) in [6.07, 6.45) is 3.18. The number of halogens is 2. The van der Waals surface area contributed by atoms with Crippen LogP contribution in [0.1, 0.15) is 25.3 Å². The average Bonchev–Trinajstić information content (AvgIpc) is 3.59. The van der Waals surface area contributed by atoms with Crippen molar-refractivity contribution >= 4 is 68.1 Å². The molecular weight excluding hydrogens is 607 g/mol. The highest BCUT2D eigenvalue weighted by Crippen LogP contribution is 2.34. The Labute approximate surface area is 212 Å². The van der Waals surface area contributed by atoms with Crippen molar-refractivity contribution in [3.8, 4) is 11.5 Å². The van der Waals surface area contributed by atoms with Gasteiger partial charge in [-0.05, 0) is 84.3 Å². The number of benzene rings is 2. The van der Waals surface area contributed by atoms with E-state index in [-0.39, 0.29) is 18.6 Å². The lowest BCUT2D eigenvalue weighted by molar-refractivity contribution is -0.139. The van der Waals surface area contributed by atoms with Gasteiger partial charge in [0.2, 0.25) is 0 Å². The van der Waals surface area contributed by atoms with Crippen LogP contribution in [0.2, 0.25) is 0 Å². The molecule has 174 valence electrons. The number of hydrogen-bond donors (Lipinski definition) is 3. The molecule has 0 saturated heterocycles. The third-order valence-electron chi connectivity index (χ3n) is 4.31. The van der Waals surface area contributed by atoms with E-state index < -0.39 is 11.8 Å². The van der Waals surface area contributed by atoms with Gasteiger partial charge in [0.15, 0.2) is 18.1 Å². The molecule has 0 heterocycles. The Balaban J connectivity index is 1.60. The van der Waals surface area contributed by atoms with Crippen LogP contribution in [-0.4, -0.2) is 43.2 Å². The van der Waals surface area contributed by atoms with Crippen LogP contribution in [0.25, 0.3) is 0 Å². The maximum atomic E-state index is 12.3. The normalized spacial score (nSPS) is 12.8. The van der Waals surface area contributed by atoms with E-state index in [1.165, 1.54) is 6.21 Å². The number of carbonyl (C=O) groups is 3. The Morgan fingerprint density at radius 1 is 1.15 bits per heavy atom. The Hall–Kier alpha value is -2.67. The molecule has 0 radical (unpaired) electrons. The van der Waals surface area contributed by atoms with Crippen molar-refractivity contribution in [2.45, 2.75) is 25.8 Å². The molecule has 2 aromatic rings. The maximum Gasteiger partial charge on any atom is 0.329 e. The third-order valence-corrected chi connectivity index (χ3v) is 5.64. The van der Waals surface area contributed by atoms with Gasteiger partial charge in [0.25, 0.3) is 5.91 Å². The fraction of sp³-hybridized carbons (Fsp3) is 0.273. The van der Waals surface area contributed by atoms with E-state index in [4.69, 9.17) is 9.47 Å². The molecule has 0 atom stereocenters. The first-order valence-electron chi connectivity index (χ1n) is 10.1. The second-order valence-corrected chi connectivity index (χ2v) is 9.13. The van der Waals surface area contributed by atoms with E-state index in [1.54, 1.807) is 24.3 Å². The monoisotopic (exact) mass is 628 g/mol. The highest BCUT2D eigenvalue weighted by molar-refractivity contribution is 14.1. The predicted octanol–water partition coefficient (Wildman–Crippen LogP) is 3.20. The summed E-state index contributed by atoms with van der Waals surface area (Å²) < 4.78 is 13.0. The zero-order valence-corrected chi connectivity index (χ0v) is 21.4. The Kier molecular flexibility index (Phi) is 9.06. The fourth-order valence-corrected chi connectivity index (χ4v) is 3.67. The standard InChI is InChI=1S/C22H22BrIN4O5/c1-2-32-18-10-13(11-25-28-22(31)21(30)27-16-7-8-16)9-17(24)20(18)33-12-19(29)26-15-5-3-14(23)4-6-15/h3-6,9-11,16H,2,7-8,12H2,1H3,(H,26,29)(H,27,30)(H,28,31)/b25-11-. The summed E-state index contributed by atoms with van der Waals surface area (Å²) in [6.45, 7) is 2.01. The van der Waals surface area contributed by atoms with Crippen molar-refractivity contribution in [1.82, 2.24) is 10.7 Å². The highest BCUT2D eigenvalue weighted by Gasteiger charge is 2.26. The largest absolute Gasteiger partial charge is 0.490 e. The molecule has 2 aromatic carbocycles. The molecule has 11 heteroatoms. The SMILES string of the molecule is CCOc1cc(/C=N\NC(=O)C(=O)NC2CC2)cc(I)c1OCC(=O)Nc1ccc(Br)cc1. The first-order valence-corrected chi connectivity index (χ1v) is 12.0. The van der Waals surface area contributed by atoms with E-state index in [1.807, 2.05) is 19.1 Å². The van der Waals surface area contributed by atoms with Crippen LogP contribution >= 0.6 is 38.5 Å². The molecule has 1 fully saturated rings. The van der Waals surface area contributed by atoms with Gasteiger partial charge in [0.05, 0.1) is 16.4 Å². The first kappa shape index (κ1) is 25.0. The number of amides is 3. The second kappa shape index (κ2) is 12.0. The number of nitrogens with one attached hydrogen (secondary N) is 3. The Morgan fingerprint density at radius 3 is 2.55 bits per heavy atom. The van der Waals surface area contributed by atoms with Gasteiger partial charge in [-0.3, -0.25) is 14.4 Å². The molecule has 1 aliphatic carbocycles. The number of anilines is 1. The minimum atomic E-state index is -0.824. The molecule has 1 aliphatic rings. The molecule has 3 rings (SSSR count). The molecule has 0 bridgehead atoms. The number of hydrogen-bond acceptors (Lipinski definition) is 6. The molecule has 33 heavy (non-hydrogen) atoms. The first-order chi connectivity index (χ1) is 15.9. The van der Waals surface area contributed by atoms with Crippen LogP contribution in [0.4, 0.5) is 5.69 Å². The predicted molar refractivity (Wildman–Crippen MR) is 135 cm³/mol. The maximum absolute atomic E-state index is 12.3. The van der Waals surface area contributed by atoms with Gasteiger partial charge >= 0.3 is 11.8 Å². The van der Waals surface area contributed by atoms with Crippen molar-refractivity contribution < 1.29 is 23.9 Å². The van der Waals surface area contributed by atoms with Gasteiger partial charge in [-0.1, -0.05) is 15.9 Å². The molecule has 3 amide bonds. The van der Waals surface area contributed by atoms with Crippen LogP contribution in [0, 0.1) is 3.57 Å². The van der Waals surface area contributed by atoms with E-state index in [9.17, 15) is 14.4 Å². The molecule has 0 spiro atoms. The van der Waals surface area contributed by atoms with Gasteiger partial charge in [-0.25, -0.2) is 5.43 Å². The van der Waals surface area contributed by atoms with Gasteiger partial charge < -0.3 is 20.1 Å². The number of carbonyl (C=O) groups excluding carboxylic acids is 3. The van der Waals surface area contributed by atoms with Gasteiger partial charge in [0.1, 0.15) is 0 Å². The summed E-state index contributed by atoms with van der Waals surface area (Å²) in [6, 6.07) is 10.7. The topological polar surface area (TPSA) is 118 Å². The molecule has 0 aromatic heterocycles. The third kappa shape index (κ3) is 8.00. The summed E-state index contributed by atoms with van der Waals surface area (Å²) in [5, 5.41) is 9.19. The van der Waals surface area contributed by atoms with Crippen LogP contribution in [0.15, 0.2) is 46.0 Å². The molecule has 3 N–H and O–H groups in total. The fourth-order valence-electron chi connectivity index (χ4n) is 2.63. The van der Waals surface area contributed by atoms with Crippen LogP contribution in [0.3, 0.4) is 0 Å². The molecule has 0 unspecified atom stereocenters. The quantitative estimate of drug-likeness (QED) is 0.171. The van der Waals surface area contributed by atoms with E-state index >= 15 is 0 Å². The van der Waals surface area contributed by atoms with Crippen LogP contribution < -0.4 is 25.5 Å². The lowest BCUT2D eigenvalue weighted by Crippen LogP contribution is -2.38. The lowest BCUT2D eigenvalue weighted by atomic mass is 10.2. The molecule has 0 aliphatic heterocycles. The van der Waals surface area contributed by atoms with Crippen molar-refractivity contribution in [2.24, 2.45) is 5.10 Å². The minimum absolute atomic E-state index is 0.0899. The summed E-state index contributed by atoms with van der Waals surface area (Å²) in [5.74, 6) is -0.985. The zero-order valence-electron chi connectivity index (χ0n) is 17.7. The van der Waals surface area contributed by atoms with Gasteiger partial charge in [0, 0.05) is 16.2 Å². The number of nitrogens with zero attached hydrogens (tertiary/aromatic N) is 1. The highest BCUT2D eigenvalue weighted by atomic mass is 127. The van der Waals surface area contributed by atoms with Crippen molar-refractivity contribution in [2.75, 3.05) is 18.5 Å². The van der Waals surface area contributed by atoms with E-state index in [2.05, 4.69) is 59.7 Å². The Bertz CT molecular complexity index is 1060. The van der Waals surface area contributed by atoms with Crippen molar-refractivity contribution in [1.29, 1.82) is 0 Å². The molecular formula is C22H22BrIN4O5. The summed E-state index contributed by atoms with van der Waals surface area (Å²) in [7, 11) is 0.